The van der Waals surface area contributed by atoms with Crippen LogP contribution in [0, 0.1) is 10.8 Å². The smallest absolute Gasteiger partial charge is 0.326 e. The van der Waals surface area contributed by atoms with Crippen molar-refractivity contribution < 1.29 is 9.53 Å². The van der Waals surface area contributed by atoms with Crippen LogP contribution in [0.4, 0.5) is 0 Å². The number of carbonyl (C=O) groups is 1. The zero-order chi connectivity index (χ0) is 17.8. The Kier molecular flexibility index (Phi) is 3.58. The highest BCUT2D eigenvalue weighted by atomic mass is 16.5. The number of imidazole rings is 1. The average molecular weight is 343 g/mol. The third kappa shape index (κ3) is 2.78. The van der Waals surface area contributed by atoms with Crippen LogP contribution in [-0.2, 0) is 11.3 Å². The van der Waals surface area contributed by atoms with Gasteiger partial charge in [-0.15, -0.1) is 0 Å². The van der Waals surface area contributed by atoms with Crippen molar-refractivity contribution in [2.75, 3.05) is 26.3 Å². The van der Waals surface area contributed by atoms with E-state index in [2.05, 4.69) is 25.8 Å². The molecule has 2 saturated heterocycles. The molecule has 2 aliphatic rings. The normalized spacial score (nSPS) is 19.6. The number of hydrogen-bond acceptors (Lipinski definition) is 3. The number of rotatable bonds is 2. The molecule has 6 heteroatoms. The van der Waals surface area contributed by atoms with E-state index in [1.165, 1.54) is 0 Å². The van der Waals surface area contributed by atoms with Crippen LogP contribution in [-0.4, -0.2) is 46.7 Å². The molecule has 2 fully saturated rings. The van der Waals surface area contributed by atoms with E-state index in [0.29, 0.717) is 12.1 Å². The number of likely N-dealkylation sites (tertiary alicyclic amines) is 1. The summed E-state index contributed by atoms with van der Waals surface area (Å²) in [7, 11) is 0. The topological polar surface area (TPSA) is 67.3 Å². The molecule has 2 aromatic rings. The predicted molar refractivity (Wildman–Crippen MR) is 95.8 cm³/mol. The summed E-state index contributed by atoms with van der Waals surface area (Å²) >= 11 is 0. The summed E-state index contributed by atoms with van der Waals surface area (Å²) in [4.78, 5) is 30.4. The average Bonchev–Trinajstić information content (AvgIpc) is 3.08. The maximum Gasteiger partial charge on any atom is 0.326 e. The third-order valence-corrected chi connectivity index (χ3v) is 5.20. The fourth-order valence-electron chi connectivity index (χ4n) is 3.92. The summed E-state index contributed by atoms with van der Waals surface area (Å²) in [5, 5.41) is 0. The molecule has 1 aromatic carbocycles. The molecular weight excluding hydrogens is 318 g/mol. The molecule has 0 bridgehead atoms. The third-order valence-electron chi connectivity index (χ3n) is 5.20. The zero-order valence-electron chi connectivity index (χ0n) is 15.1. The molecule has 1 spiro atoms. The van der Waals surface area contributed by atoms with Crippen molar-refractivity contribution in [1.29, 1.82) is 0 Å². The van der Waals surface area contributed by atoms with Gasteiger partial charge in [-0.05, 0) is 24.0 Å². The first kappa shape index (κ1) is 16.4. The van der Waals surface area contributed by atoms with Crippen molar-refractivity contribution in [2.24, 2.45) is 10.8 Å². The molecule has 0 atom stereocenters. The van der Waals surface area contributed by atoms with Crippen LogP contribution < -0.4 is 5.69 Å². The van der Waals surface area contributed by atoms with E-state index < -0.39 is 0 Å². The van der Waals surface area contributed by atoms with Crippen LogP contribution in [0.3, 0.4) is 0 Å². The van der Waals surface area contributed by atoms with Gasteiger partial charge in [-0.25, -0.2) is 4.79 Å². The Bertz CT molecular complexity index is 883. The molecule has 0 aliphatic carbocycles. The first-order chi connectivity index (χ1) is 11.8. The molecule has 2 aliphatic heterocycles. The lowest BCUT2D eigenvalue weighted by molar-refractivity contribution is -0.103. The number of fused-ring (bicyclic) bond motifs is 1. The van der Waals surface area contributed by atoms with E-state index >= 15 is 0 Å². The standard InChI is InChI=1S/C19H25N3O3/c1-18(2,3)9-22-15-13(5-4-6-14(15)20-17(22)24)16(23)21-8-7-19(10-21)11-25-12-19/h4-6H,7-12H2,1-3H3,(H,20,24). The van der Waals surface area contributed by atoms with Crippen molar-refractivity contribution in [3.63, 3.8) is 0 Å². The van der Waals surface area contributed by atoms with Gasteiger partial charge in [0.05, 0.1) is 29.8 Å². The highest BCUT2D eigenvalue weighted by Gasteiger charge is 2.46. The molecule has 0 radical (unpaired) electrons. The number of para-hydroxylation sites is 1. The van der Waals surface area contributed by atoms with Gasteiger partial charge in [0.2, 0.25) is 0 Å². The van der Waals surface area contributed by atoms with Crippen LogP contribution in [0.2, 0.25) is 0 Å². The Hall–Kier alpha value is -2.08. The van der Waals surface area contributed by atoms with Crippen molar-refractivity contribution in [3.8, 4) is 0 Å². The van der Waals surface area contributed by atoms with Crippen molar-refractivity contribution in [3.05, 3.63) is 34.2 Å². The van der Waals surface area contributed by atoms with E-state index in [1.807, 2.05) is 23.1 Å². The second-order valence-corrected chi connectivity index (χ2v) is 8.75. The van der Waals surface area contributed by atoms with Gasteiger partial charge < -0.3 is 14.6 Å². The molecule has 0 unspecified atom stereocenters. The summed E-state index contributed by atoms with van der Waals surface area (Å²) < 4.78 is 7.06. The Labute approximate surface area is 146 Å². The summed E-state index contributed by atoms with van der Waals surface area (Å²) in [6.07, 6.45) is 0.997. The molecule has 6 nitrogen and oxygen atoms in total. The molecule has 1 N–H and O–H groups in total. The van der Waals surface area contributed by atoms with Gasteiger partial charge in [0.15, 0.2) is 0 Å². The second-order valence-electron chi connectivity index (χ2n) is 8.75. The Morgan fingerprint density at radius 2 is 2.08 bits per heavy atom. The number of aromatic nitrogens is 2. The lowest BCUT2D eigenvalue weighted by atomic mass is 9.85. The van der Waals surface area contributed by atoms with E-state index in [-0.39, 0.29) is 22.4 Å². The summed E-state index contributed by atoms with van der Waals surface area (Å²) in [5.74, 6) is 0.0102. The lowest BCUT2D eigenvalue weighted by Gasteiger charge is -2.37. The molecule has 134 valence electrons. The predicted octanol–water partition coefficient (Wildman–Crippen LogP) is 2.24. The van der Waals surface area contributed by atoms with E-state index in [9.17, 15) is 9.59 Å². The molecule has 0 saturated carbocycles. The number of hydrogen-bond donors (Lipinski definition) is 1. The van der Waals surface area contributed by atoms with Crippen molar-refractivity contribution in [2.45, 2.75) is 33.7 Å². The largest absolute Gasteiger partial charge is 0.380 e. The minimum atomic E-state index is -0.157. The van der Waals surface area contributed by atoms with Gasteiger partial charge in [0.1, 0.15) is 0 Å². The number of H-pyrrole nitrogens is 1. The van der Waals surface area contributed by atoms with E-state index in [4.69, 9.17) is 4.74 Å². The molecule has 1 amide bonds. The Morgan fingerprint density at radius 3 is 2.68 bits per heavy atom. The maximum absolute atomic E-state index is 13.2. The van der Waals surface area contributed by atoms with Crippen LogP contribution in [0.1, 0.15) is 37.6 Å². The number of nitrogens with one attached hydrogen (secondary N) is 1. The SMILES string of the molecule is CC(C)(C)Cn1c(=O)[nH]c2cccc(C(=O)N3CCC4(COC4)C3)c21. The Balaban J connectivity index is 1.74. The molecule has 3 heterocycles. The van der Waals surface area contributed by atoms with Gasteiger partial charge in [0.25, 0.3) is 5.91 Å². The van der Waals surface area contributed by atoms with Gasteiger partial charge in [-0.3, -0.25) is 9.36 Å². The number of benzene rings is 1. The minimum absolute atomic E-state index is 0.0102. The first-order valence-electron chi connectivity index (χ1n) is 8.87. The van der Waals surface area contributed by atoms with Gasteiger partial charge in [0, 0.05) is 25.0 Å². The van der Waals surface area contributed by atoms with Crippen molar-refractivity contribution in [1.82, 2.24) is 14.5 Å². The van der Waals surface area contributed by atoms with Crippen LogP contribution in [0.25, 0.3) is 11.0 Å². The first-order valence-corrected chi connectivity index (χ1v) is 8.87. The summed E-state index contributed by atoms with van der Waals surface area (Å²) in [6.45, 7) is 9.83. The number of ether oxygens (including phenoxy) is 1. The molecule has 4 rings (SSSR count). The van der Waals surface area contributed by atoms with Crippen LogP contribution in [0.5, 0.6) is 0 Å². The Morgan fingerprint density at radius 1 is 1.32 bits per heavy atom. The van der Waals surface area contributed by atoms with Gasteiger partial charge >= 0.3 is 5.69 Å². The fraction of sp³-hybridized carbons (Fsp3) is 0.579. The molecule has 25 heavy (non-hydrogen) atoms. The van der Waals surface area contributed by atoms with E-state index in [1.54, 1.807) is 4.57 Å². The van der Waals surface area contributed by atoms with Crippen LogP contribution in [0.15, 0.2) is 23.0 Å². The molecular formula is C19H25N3O3. The van der Waals surface area contributed by atoms with Crippen LogP contribution >= 0.6 is 0 Å². The quantitative estimate of drug-likeness (QED) is 0.909. The number of carbonyl (C=O) groups excluding carboxylic acids is 1. The fourth-order valence-corrected chi connectivity index (χ4v) is 3.92. The number of aromatic amines is 1. The van der Waals surface area contributed by atoms with E-state index in [0.717, 1.165) is 43.8 Å². The van der Waals surface area contributed by atoms with Gasteiger partial charge in [-0.2, -0.15) is 0 Å². The zero-order valence-corrected chi connectivity index (χ0v) is 15.1. The van der Waals surface area contributed by atoms with Gasteiger partial charge in [-0.1, -0.05) is 26.8 Å². The lowest BCUT2D eigenvalue weighted by Crippen LogP contribution is -2.45. The number of amides is 1. The number of nitrogens with zero attached hydrogens (tertiary/aromatic N) is 2. The maximum atomic E-state index is 13.2. The summed E-state index contributed by atoms with van der Waals surface area (Å²) in [5.41, 5.74) is 2.00. The highest BCUT2D eigenvalue weighted by molar-refractivity contribution is 6.05. The highest BCUT2D eigenvalue weighted by Crippen LogP contribution is 2.38. The second kappa shape index (κ2) is 5.46. The van der Waals surface area contributed by atoms with Crippen molar-refractivity contribution >= 4 is 16.9 Å². The summed E-state index contributed by atoms with van der Waals surface area (Å²) in [6, 6.07) is 5.53. The minimum Gasteiger partial charge on any atom is -0.380 e. The monoisotopic (exact) mass is 343 g/mol. The molecule has 1 aromatic heterocycles.